The number of nitrogens with zero attached hydrogens (tertiary/aromatic N) is 2. The van der Waals surface area contributed by atoms with Crippen molar-refractivity contribution in [3.63, 3.8) is 0 Å². The molecule has 1 fully saturated rings. The van der Waals surface area contributed by atoms with Crippen LogP contribution in [0.25, 0.3) is 0 Å². The van der Waals surface area contributed by atoms with Gasteiger partial charge in [-0.15, -0.1) is 0 Å². The van der Waals surface area contributed by atoms with Crippen molar-refractivity contribution in [3.8, 4) is 11.5 Å². The molecule has 5 rings (SSSR count). The number of fused-ring (bicyclic) bond motifs is 1. The Labute approximate surface area is 202 Å². The Kier molecular flexibility index (Phi) is 6.22. The number of nitrogens with one attached hydrogen (secondary N) is 1. The van der Waals surface area contributed by atoms with Crippen molar-refractivity contribution < 1.29 is 28.3 Å². The van der Waals surface area contributed by atoms with Gasteiger partial charge in [0.25, 0.3) is 11.8 Å². The number of rotatable bonds is 9. The van der Waals surface area contributed by atoms with E-state index >= 15 is 0 Å². The molecule has 1 N–H and O–H groups in total. The highest BCUT2D eigenvalue weighted by Gasteiger charge is 2.29. The molecule has 2 heterocycles. The summed E-state index contributed by atoms with van der Waals surface area (Å²) in [6.45, 7) is 1.75. The van der Waals surface area contributed by atoms with Gasteiger partial charge in [0.15, 0.2) is 24.7 Å². The molecule has 9 heteroatoms. The predicted octanol–water partition coefficient (Wildman–Crippen LogP) is 3.32. The third kappa shape index (κ3) is 5.03. The maximum absolute atomic E-state index is 12.9. The topological polar surface area (TPSA) is 111 Å². The van der Waals surface area contributed by atoms with E-state index in [-0.39, 0.29) is 55.0 Å². The summed E-state index contributed by atoms with van der Waals surface area (Å²) in [6, 6.07) is 12.7. The van der Waals surface area contributed by atoms with Crippen molar-refractivity contribution in [1.82, 2.24) is 10.3 Å². The zero-order valence-electron chi connectivity index (χ0n) is 19.3. The number of ether oxygens (including phenoxy) is 2. The van der Waals surface area contributed by atoms with E-state index in [2.05, 4.69) is 10.3 Å². The number of Topliss-reactive ketones (excluding diaryl/α,β-unsaturated/α-hetero) is 1. The van der Waals surface area contributed by atoms with Crippen molar-refractivity contribution >= 4 is 23.3 Å². The van der Waals surface area contributed by atoms with Crippen LogP contribution >= 0.6 is 0 Å². The van der Waals surface area contributed by atoms with Gasteiger partial charge in [0.2, 0.25) is 5.89 Å². The summed E-state index contributed by atoms with van der Waals surface area (Å²) in [7, 11) is 0. The summed E-state index contributed by atoms with van der Waals surface area (Å²) in [5, 5.41) is 2.85. The van der Waals surface area contributed by atoms with Crippen molar-refractivity contribution in [2.45, 2.75) is 38.8 Å². The van der Waals surface area contributed by atoms with Gasteiger partial charge < -0.3 is 19.2 Å². The number of aromatic nitrogens is 1. The molecule has 2 amide bonds. The number of amides is 2. The number of benzene rings is 2. The first-order chi connectivity index (χ1) is 17.0. The van der Waals surface area contributed by atoms with Gasteiger partial charge in [0.05, 0.1) is 5.69 Å². The van der Waals surface area contributed by atoms with Crippen LogP contribution in [0.3, 0.4) is 0 Å². The van der Waals surface area contributed by atoms with E-state index < -0.39 is 0 Å². The molecule has 3 aromatic rings. The number of hydrogen-bond acceptors (Lipinski definition) is 7. The normalized spacial score (nSPS) is 14.8. The molecular formula is C26H25N3O6. The van der Waals surface area contributed by atoms with E-state index in [9.17, 15) is 14.4 Å². The van der Waals surface area contributed by atoms with E-state index in [4.69, 9.17) is 13.9 Å². The number of oxazole rings is 1. The second kappa shape index (κ2) is 9.61. The predicted molar refractivity (Wildman–Crippen MR) is 126 cm³/mol. The van der Waals surface area contributed by atoms with Crippen molar-refractivity contribution in [1.29, 1.82) is 0 Å². The lowest BCUT2D eigenvalue weighted by atomic mass is 10.1. The highest BCUT2D eigenvalue weighted by atomic mass is 16.5. The summed E-state index contributed by atoms with van der Waals surface area (Å²) in [4.78, 5) is 43.4. The summed E-state index contributed by atoms with van der Waals surface area (Å²) in [5.41, 5.74) is 2.01. The average Bonchev–Trinajstić information content (AvgIpc) is 3.57. The first-order valence-electron chi connectivity index (χ1n) is 11.6. The van der Waals surface area contributed by atoms with Gasteiger partial charge in [-0.05, 0) is 49.1 Å². The van der Waals surface area contributed by atoms with Gasteiger partial charge >= 0.3 is 0 Å². The summed E-state index contributed by atoms with van der Waals surface area (Å²) in [6.07, 6.45) is 4.01. The number of ketones is 1. The zero-order chi connectivity index (χ0) is 24.4. The van der Waals surface area contributed by atoms with Crippen molar-refractivity contribution in [2.75, 3.05) is 18.1 Å². The third-order valence-electron chi connectivity index (χ3n) is 5.93. The SMILES string of the molecule is CCc1ccccc1OCC(=O)c1ccc2c(c1)N(Cc1nc(C(=O)NC3CC3)co1)C(=O)CO2. The van der Waals surface area contributed by atoms with Crippen LogP contribution in [0.5, 0.6) is 11.5 Å². The molecule has 0 unspecified atom stereocenters. The van der Waals surface area contributed by atoms with E-state index in [1.165, 1.54) is 11.2 Å². The number of carbonyl (C=O) groups is 3. The molecule has 2 aromatic carbocycles. The zero-order valence-corrected chi connectivity index (χ0v) is 19.3. The molecule has 1 saturated carbocycles. The second-order valence-electron chi connectivity index (χ2n) is 8.50. The van der Waals surface area contributed by atoms with Crippen molar-refractivity contribution in [2.24, 2.45) is 0 Å². The first kappa shape index (κ1) is 22.6. The van der Waals surface area contributed by atoms with Crippen LogP contribution in [0.15, 0.2) is 53.1 Å². The molecule has 0 spiro atoms. The standard InChI is InChI=1S/C26H25N3O6/c1-2-16-5-3-4-6-22(16)33-14-21(30)17-7-10-23-20(11-17)29(25(31)15-34-23)12-24-28-19(13-35-24)26(32)27-18-8-9-18/h3-7,10-11,13,18H,2,8-9,12,14-15H2,1H3,(H,27,32). The number of aryl methyl sites for hydroxylation is 1. The lowest BCUT2D eigenvalue weighted by Gasteiger charge is -2.28. The van der Waals surface area contributed by atoms with Gasteiger partial charge in [-0.1, -0.05) is 25.1 Å². The molecular weight excluding hydrogens is 450 g/mol. The molecule has 1 aromatic heterocycles. The maximum atomic E-state index is 12.9. The first-order valence-corrected chi connectivity index (χ1v) is 11.6. The van der Waals surface area contributed by atoms with Crippen LogP contribution in [0.4, 0.5) is 5.69 Å². The molecule has 35 heavy (non-hydrogen) atoms. The van der Waals surface area contributed by atoms with E-state index in [0.717, 1.165) is 24.8 Å². The second-order valence-corrected chi connectivity index (χ2v) is 8.50. The maximum Gasteiger partial charge on any atom is 0.273 e. The minimum absolute atomic E-state index is 0.00389. The quantitative estimate of drug-likeness (QED) is 0.473. The highest BCUT2D eigenvalue weighted by molar-refractivity contribution is 6.02. The van der Waals surface area contributed by atoms with E-state index in [1.54, 1.807) is 18.2 Å². The monoisotopic (exact) mass is 475 g/mol. The number of para-hydroxylation sites is 1. The Morgan fingerprint density at radius 1 is 1.20 bits per heavy atom. The fourth-order valence-corrected chi connectivity index (χ4v) is 3.82. The minimum Gasteiger partial charge on any atom is -0.485 e. The molecule has 9 nitrogen and oxygen atoms in total. The van der Waals surface area contributed by atoms with Crippen LogP contribution in [-0.2, 0) is 17.8 Å². The summed E-state index contributed by atoms with van der Waals surface area (Å²) in [5.74, 6) is 0.518. The van der Waals surface area contributed by atoms with E-state index in [1.807, 2.05) is 31.2 Å². The van der Waals surface area contributed by atoms with Gasteiger partial charge in [0.1, 0.15) is 24.3 Å². The minimum atomic E-state index is -0.308. The Morgan fingerprint density at radius 3 is 2.83 bits per heavy atom. The molecule has 2 aliphatic rings. The van der Waals surface area contributed by atoms with Crippen LogP contribution in [0.2, 0.25) is 0 Å². The third-order valence-corrected chi connectivity index (χ3v) is 5.93. The lowest BCUT2D eigenvalue weighted by molar-refractivity contribution is -0.121. The van der Waals surface area contributed by atoms with Gasteiger partial charge in [0, 0.05) is 11.6 Å². The Hall–Kier alpha value is -4.14. The molecule has 0 saturated heterocycles. The number of hydrogen-bond donors (Lipinski definition) is 1. The van der Waals surface area contributed by atoms with Crippen molar-refractivity contribution in [3.05, 3.63) is 71.4 Å². The fourth-order valence-electron chi connectivity index (χ4n) is 3.82. The highest BCUT2D eigenvalue weighted by Crippen LogP contribution is 2.34. The Morgan fingerprint density at radius 2 is 2.03 bits per heavy atom. The molecule has 0 atom stereocenters. The fraction of sp³-hybridized carbons (Fsp3) is 0.308. The smallest absolute Gasteiger partial charge is 0.273 e. The molecule has 1 aliphatic heterocycles. The molecule has 1 aliphatic carbocycles. The number of anilines is 1. The van der Waals surface area contributed by atoms with Crippen LogP contribution in [-0.4, -0.2) is 41.8 Å². The van der Waals surface area contributed by atoms with Crippen LogP contribution < -0.4 is 19.7 Å². The van der Waals surface area contributed by atoms with Gasteiger partial charge in [-0.3, -0.25) is 19.3 Å². The Balaban J connectivity index is 1.31. The van der Waals surface area contributed by atoms with Crippen LogP contribution in [0, 0.1) is 0 Å². The summed E-state index contributed by atoms with van der Waals surface area (Å²) >= 11 is 0. The average molecular weight is 476 g/mol. The van der Waals surface area contributed by atoms with Gasteiger partial charge in [-0.25, -0.2) is 4.98 Å². The molecule has 180 valence electrons. The lowest BCUT2D eigenvalue weighted by Crippen LogP contribution is -2.38. The van der Waals surface area contributed by atoms with Crippen LogP contribution in [0.1, 0.15) is 52.1 Å². The summed E-state index contributed by atoms with van der Waals surface area (Å²) < 4.78 is 16.8. The van der Waals surface area contributed by atoms with Gasteiger partial charge in [-0.2, -0.15) is 0 Å². The number of carbonyl (C=O) groups excluding carboxylic acids is 3. The molecule has 0 bridgehead atoms. The Bertz CT molecular complexity index is 1280. The van der Waals surface area contributed by atoms with E-state index in [0.29, 0.717) is 22.7 Å². The largest absolute Gasteiger partial charge is 0.485 e. The molecule has 0 radical (unpaired) electrons.